The summed E-state index contributed by atoms with van der Waals surface area (Å²) in [6.07, 6.45) is 0.430. The summed E-state index contributed by atoms with van der Waals surface area (Å²) in [6, 6.07) is 4.65. The van der Waals surface area contributed by atoms with Crippen LogP contribution in [0.3, 0.4) is 0 Å². The summed E-state index contributed by atoms with van der Waals surface area (Å²) in [4.78, 5) is 21.4. The number of aliphatic hydroxyl groups is 1. The van der Waals surface area contributed by atoms with Crippen LogP contribution in [-0.4, -0.2) is 47.0 Å². The Labute approximate surface area is 187 Å². The first kappa shape index (κ1) is 24.4. The second kappa shape index (κ2) is 10.9. The number of nitrogens with zero attached hydrogens (tertiary/aromatic N) is 3. The average Bonchev–Trinajstić information content (AvgIpc) is 2.68. The molecule has 0 radical (unpaired) electrons. The van der Waals surface area contributed by atoms with Crippen molar-refractivity contribution in [1.82, 2.24) is 15.4 Å². The molecular formula is C21H30ClN7O2. The van der Waals surface area contributed by atoms with Gasteiger partial charge in [-0.25, -0.2) is 20.2 Å². The van der Waals surface area contributed by atoms with E-state index in [9.17, 15) is 9.90 Å². The molecule has 0 aliphatic rings. The van der Waals surface area contributed by atoms with E-state index in [2.05, 4.69) is 26.0 Å². The first-order chi connectivity index (χ1) is 14.7. The topological polar surface area (TPSA) is 126 Å². The third kappa shape index (κ3) is 6.53. The van der Waals surface area contributed by atoms with Crippen LogP contribution >= 0.6 is 11.6 Å². The summed E-state index contributed by atoms with van der Waals surface area (Å²) >= 11 is 5.97. The van der Waals surface area contributed by atoms with E-state index in [1.54, 1.807) is 38.0 Å². The van der Waals surface area contributed by atoms with Gasteiger partial charge in [0.1, 0.15) is 16.8 Å². The molecule has 0 saturated carbocycles. The zero-order chi connectivity index (χ0) is 23.1. The van der Waals surface area contributed by atoms with E-state index in [-0.39, 0.29) is 17.7 Å². The predicted octanol–water partition coefficient (Wildman–Crippen LogP) is 3.92. The minimum Gasteiger partial charge on any atom is -0.396 e. The van der Waals surface area contributed by atoms with Gasteiger partial charge in [-0.2, -0.15) is 0 Å². The summed E-state index contributed by atoms with van der Waals surface area (Å²) in [6.45, 7) is 7.90. The van der Waals surface area contributed by atoms with E-state index in [0.717, 1.165) is 11.1 Å². The van der Waals surface area contributed by atoms with Gasteiger partial charge in [-0.05, 0) is 49.9 Å². The van der Waals surface area contributed by atoms with Crippen LogP contribution in [0.1, 0.15) is 49.9 Å². The van der Waals surface area contributed by atoms with Gasteiger partial charge in [-0.15, -0.1) is 0 Å². The van der Waals surface area contributed by atoms with Crippen LogP contribution in [0, 0.1) is 12.3 Å². The van der Waals surface area contributed by atoms with Crippen molar-refractivity contribution >= 4 is 40.7 Å². The highest BCUT2D eigenvalue weighted by Crippen LogP contribution is 2.29. The maximum absolute atomic E-state index is 12.7. The molecule has 0 fully saturated rings. The largest absolute Gasteiger partial charge is 0.396 e. The number of anilines is 3. The van der Waals surface area contributed by atoms with Gasteiger partial charge >= 0.3 is 6.03 Å². The van der Waals surface area contributed by atoms with E-state index in [1.165, 1.54) is 0 Å². The highest BCUT2D eigenvalue weighted by atomic mass is 35.5. The van der Waals surface area contributed by atoms with Gasteiger partial charge in [-0.1, -0.05) is 25.4 Å². The number of amides is 2. The van der Waals surface area contributed by atoms with Gasteiger partial charge in [0.2, 0.25) is 0 Å². The van der Waals surface area contributed by atoms with Crippen LogP contribution in [0.5, 0.6) is 0 Å². The van der Waals surface area contributed by atoms with Crippen molar-refractivity contribution in [2.45, 2.75) is 40.0 Å². The van der Waals surface area contributed by atoms with Gasteiger partial charge in [0.05, 0.1) is 0 Å². The molecule has 2 heterocycles. The van der Waals surface area contributed by atoms with Crippen molar-refractivity contribution in [3.05, 3.63) is 40.2 Å². The lowest BCUT2D eigenvalue weighted by Gasteiger charge is -2.27. The first-order valence-corrected chi connectivity index (χ1v) is 10.4. The van der Waals surface area contributed by atoms with E-state index in [0.29, 0.717) is 41.7 Å². The van der Waals surface area contributed by atoms with Crippen LogP contribution < -0.4 is 21.1 Å². The number of nitrogens with one attached hydrogen (secondary N) is 4. The number of carbonyl (C=O) groups excluding carboxylic acids is 1. The lowest BCUT2D eigenvalue weighted by atomic mass is 9.95. The minimum atomic E-state index is -0.481. The molecule has 0 aliphatic carbocycles. The Morgan fingerprint density at radius 3 is 2.55 bits per heavy atom. The van der Waals surface area contributed by atoms with Crippen molar-refractivity contribution in [3.63, 3.8) is 0 Å². The Balaban J connectivity index is 2.37. The van der Waals surface area contributed by atoms with Crippen molar-refractivity contribution in [2.75, 3.05) is 35.8 Å². The van der Waals surface area contributed by atoms with Crippen LogP contribution in [-0.2, 0) is 0 Å². The Morgan fingerprint density at radius 1 is 1.29 bits per heavy atom. The smallest absolute Gasteiger partial charge is 0.338 e. The fourth-order valence-electron chi connectivity index (χ4n) is 3.16. The van der Waals surface area contributed by atoms with E-state index < -0.39 is 6.03 Å². The number of pyridine rings is 2. The van der Waals surface area contributed by atoms with E-state index >= 15 is 0 Å². The molecule has 2 aromatic rings. The predicted molar refractivity (Wildman–Crippen MR) is 126 cm³/mol. The quantitative estimate of drug-likeness (QED) is 0.225. The molecule has 9 nitrogen and oxygen atoms in total. The first-order valence-electron chi connectivity index (χ1n) is 10.0. The molecule has 2 rings (SSSR count). The fraction of sp³-hybridized carbons (Fsp3) is 0.429. The molecule has 0 aliphatic heterocycles. The summed E-state index contributed by atoms with van der Waals surface area (Å²) in [7, 11) is 1.75. The number of hydrogen-bond donors (Lipinski definition) is 5. The lowest BCUT2D eigenvalue weighted by molar-refractivity contribution is 0.249. The molecule has 0 saturated heterocycles. The SMILES string of the molecule is CNc1nc(N(CCCO)NC(=O)Nc2cc(C)nc(Cl)c2)cc(C(C)C)c1C(C)=N. The minimum absolute atomic E-state index is 0.0352. The van der Waals surface area contributed by atoms with Gasteiger partial charge < -0.3 is 21.1 Å². The average molecular weight is 448 g/mol. The van der Waals surface area contributed by atoms with Crippen molar-refractivity contribution in [2.24, 2.45) is 0 Å². The Bertz CT molecular complexity index is 929. The standard InChI is InChI=1S/C21H30ClN7O2/c1-12(2)16-11-18(27-20(24-5)19(16)14(4)23)29(7-6-8-30)28-21(31)26-15-9-13(3)25-17(22)10-15/h9-12,23,30H,6-8H2,1-5H3,(H,24,27)(H2,25,26,28,31). The van der Waals surface area contributed by atoms with Crippen LogP contribution in [0.25, 0.3) is 0 Å². The Kier molecular flexibility index (Phi) is 8.58. The number of halogens is 1. The molecule has 31 heavy (non-hydrogen) atoms. The van der Waals surface area contributed by atoms with Crippen molar-refractivity contribution in [3.8, 4) is 0 Å². The zero-order valence-electron chi connectivity index (χ0n) is 18.5. The van der Waals surface area contributed by atoms with Crippen molar-refractivity contribution < 1.29 is 9.90 Å². The molecule has 168 valence electrons. The molecule has 0 aromatic carbocycles. The molecule has 2 aromatic heterocycles. The summed E-state index contributed by atoms with van der Waals surface area (Å²) in [5.41, 5.74) is 6.07. The molecule has 10 heteroatoms. The molecule has 0 spiro atoms. The number of carbonyl (C=O) groups is 1. The summed E-state index contributed by atoms with van der Waals surface area (Å²) in [5, 5.41) is 25.1. The number of hydrogen-bond acceptors (Lipinski definition) is 7. The van der Waals surface area contributed by atoms with E-state index in [1.807, 2.05) is 19.9 Å². The fourth-order valence-corrected chi connectivity index (χ4v) is 3.41. The summed E-state index contributed by atoms with van der Waals surface area (Å²) in [5.74, 6) is 1.20. The molecule has 0 bridgehead atoms. The number of hydrazine groups is 1. The molecule has 5 N–H and O–H groups in total. The van der Waals surface area contributed by atoms with E-state index in [4.69, 9.17) is 17.0 Å². The van der Waals surface area contributed by atoms with Gasteiger partial charge in [0, 0.05) is 42.9 Å². The number of urea groups is 1. The molecule has 2 amide bonds. The zero-order valence-corrected chi connectivity index (χ0v) is 19.3. The molecular weight excluding hydrogens is 418 g/mol. The third-order valence-corrected chi connectivity index (χ3v) is 4.70. The number of rotatable bonds is 9. The van der Waals surface area contributed by atoms with Crippen molar-refractivity contribution in [1.29, 1.82) is 5.41 Å². The molecule has 0 atom stereocenters. The lowest BCUT2D eigenvalue weighted by Crippen LogP contribution is -2.46. The second-order valence-corrected chi connectivity index (χ2v) is 7.82. The molecule has 0 unspecified atom stereocenters. The Hall–Kier alpha value is -2.91. The summed E-state index contributed by atoms with van der Waals surface area (Å²) < 4.78 is 0. The van der Waals surface area contributed by atoms with Gasteiger partial charge in [-0.3, -0.25) is 5.01 Å². The number of aromatic nitrogens is 2. The maximum Gasteiger partial charge on any atom is 0.338 e. The highest BCUT2D eigenvalue weighted by Gasteiger charge is 2.20. The van der Waals surface area contributed by atoms with Crippen LogP contribution in [0.2, 0.25) is 5.15 Å². The Morgan fingerprint density at radius 2 is 2.00 bits per heavy atom. The van der Waals surface area contributed by atoms with Gasteiger partial charge in [0.25, 0.3) is 0 Å². The van der Waals surface area contributed by atoms with Gasteiger partial charge in [0.15, 0.2) is 0 Å². The number of aliphatic hydroxyl groups excluding tert-OH is 1. The van der Waals surface area contributed by atoms with Crippen LogP contribution in [0.4, 0.5) is 22.1 Å². The number of aryl methyl sites for hydroxylation is 1. The second-order valence-electron chi connectivity index (χ2n) is 7.44. The third-order valence-electron chi connectivity index (χ3n) is 4.50. The highest BCUT2D eigenvalue weighted by molar-refractivity contribution is 6.29. The monoisotopic (exact) mass is 447 g/mol. The normalized spacial score (nSPS) is 10.7. The van der Waals surface area contributed by atoms with Crippen LogP contribution in [0.15, 0.2) is 18.2 Å². The maximum atomic E-state index is 12.7.